The van der Waals surface area contributed by atoms with Crippen molar-refractivity contribution in [3.8, 4) is 5.75 Å². The van der Waals surface area contributed by atoms with Gasteiger partial charge in [-0.3, -0.25) is 9.59 Å². The van der Waals surface area contributed by atoms with Crippen LogP contribution in [0.25, 0.3) is 0 Å². The third-order valence-electron chi connectivity index (χ3n) is 4.53. The highest BCUT2D eigenvalue weighted by molar-refractivity contribution is 6.08. The quantitative estimate of drug-likeness (QED) is 0.777. The summed E-state index contributed by atoms with van der Waals surface area (Å²) in [5.41, 5.74) is 0.939. The zero-order chi connectivity index (χ0) is 19.9. The number of hydrogen-bond donors (Lipinski definition) is 1. The van der Waals surface area contributed by atoms with Crippen LogP contribution in [0.15, 0.2) is 48.5 Å². The highest BCUT2D eigenvalue weighted by Gasteiger charge is 2.21. The van der Waals surface area contributed by atoms with Crippen molar-refractivity contribution in [3.63, 3.8) is 0 Å². The second-order valence-electron chi connectivity index (χ2n) is 6.39. The number of anilines is 1. The lowest BCUT2D eigenvalue weighted by Crippen LogP contribution is -2.32. The smallest absolute Gasteiger partial charge is 0.340 e. The first kappa shape index (κ1) is 19.4. The van der Waals surface area contributed by atoms with Crippen LogP contribution in [0.3, 0.4) is 0 Å². The van der Waals surface area contributed by atoms with Crippen molar-refractivity contribution in [2.24, 2.45) is 0 Å². The van der Waals surface area contributed by atoms with Gasteiger partial charge >= 0.3 is 5.97 Å². The Bertz CT molecular complexity index is 857. The molecule has 1 saturated heterocycles. The standard InChI is InChI=1S/C21H22N2O5/c1-27-16-10-8-15(9-11-16)20(25)22-18-7-3-2-6-17(18)21(26)28-14-19(24)23-12-4-5-13-23/h2-3,6-11H,4-5,12-14H2,1H3,(H,22,25). The molecule has 146 valence electrons. The van der Waals surface area contributed by atoms with E-state index < -0.39 is 5.97 Å². The lowest BCUT2D eigenvalue weighted by atomic mass is 10.1. The van der Waals surface area contributed by atoms with Crippen molar-refractivity contribution in [3.05, 3.63) is 59.7 Å². The maximum Gasteiger partial charge on any atom is 0.340 e. The Balaban J connectivity index is 1.65. The third-order valence-corrected chi connectivity index (χ3v) is 4.53. The van der Waals surface area contributed by atoms with E-state index in [4.69, 9.17) is 9.47 Å². The van der Waals surface area contributed by atoms with E-state index in [-0.39, 0.29) is 24.0 Å². The van der Waals surface area contributed by atoms with Gasteiger partial charge in [-0.05, 0) is 49.2 Å². The minimum Gasteiger partial charge on any atom is -0.497 e. The van der Waals surface area contributed by atoms with Crippen LogP contribution in [0.4, 0.5) is 5.69 Å². The Morgan fingerprint density at radius 2 is 1.68 bits per heavy atom. The minimum atomic E-state index is -0.654. The number of benzene rings is 2. The molecule has 1 N–H and O–H groups in total. The molecule has 0 spiro atoms. The number of methoxy groups -OCH3 is 1. The van der Waals surface area contributed by atoms with Crippen molar-refractivity contribution in [2.75, 3.05) is 32.1 Å². The van der Waals surface area contributed by atoms with Gasteiger partial charge in [0.05, 0.1) is 18.4 Å². The van der Waals surface area contributed by atoms with Gasteiger partial charge in [0.25, 0.3) is 11.8 Å². The molecule has 7 heteroatoms. The van der Waals surface area contributed by atoms with Crippen molar-refractivity contribution in [2.45, 2.75) is 12.8 Å². The summed E-state index contributed by atoms with van der Waals surface area (Å²) in [6, 6.07) is 13.1. The van der Waals surface area contributed by atoms with E-state index in [1.54, 1.807) is 60.5 Å². The van der Waals surface area contributed by atoms with E-state index in [9.17, 15) is 14.4 Å². The number of para-hydroxylation sites is 1. The van der Waals surface area contributed by atoms with Crippen LogP contribution in [-0.2, 0) is 9.53 Å². The topological polar surface area (TPSA) is 84.9 Å². The molecule has 1 aliphatic heterocycles. The van der Waals surface area contributed by atoms with E-state index in [0.717, 1.165) is 12.8 Å². The van der Waals surface area contributed by atoms with Crippen LogP contribution >= 0.6 is 0 Å². The van der Waals surface area contributed by atoms with Gasteiger partial charge in [0.15, 0.2) is 6.61 Å². The summed E-state index contributed by atoms with van der Waals surface area (Å²) in [6.07, 6.45) is 1.94. The normalized spacial score (nSPS) is 13.1. The average Bonchev–Trinajstić information content (AvgIpc) is 3.27. The first-order chi connectivity index (χ1) is 13.6. The summed E-state index contributed by atoms with van der Waals surface area (Å²) in [5, 5.41) is 2.71. The minimum absolute atomic E-state index is 0.193. The number of ether oxygens (including phenoxy) is 2. The van der Waals surface area contributed by atoms with Crippen LogP contribution in [0.2, 0.25) is 0 Å². The molecule has 0 atom stereocenters. The predicted molar refractivity (Wildman–Crippen MR) is 103 cm³/mol. The molecule has 0 bridgehead atoms. The largest absolute Gasteiger partial charge is 0.497 e. The Kier molecular flexibility index (Phi) is 6.26. The Hall–Kier alpha value is -3.35. The molecule has 2 amide bonds. The Morgan fingerprint density at radius 1 is 1.00 bits per heavy atom. The third kappa shape index (κ3) is 4.68. The average molecular weight is 382 g/mol. The Labute approximate surface area is 163 Å². The van der Waals surface area contributed by atoms with Crippen LogP contribution in [0.1, 0.15) is 33.6 Å². The van der Waals surface area contributed by atoms with Gasteiger partial charge in [0.2, 0.25) is 0 Å². The summed E-state index contributed by atoms with van der Waals surface area (Å²) >= 11 is 0. The number of hydrogen-bond acceptors (Lipinski definition) is 5. The number of likely N-dealkylation sites (tertiary alicyclic amines) is 1. The van der Waals surface area contributed by atoms with E-state index in [1.807, 2.05) is 0 Å². The highest BCUT2D eigenvalue weighted by Crippen LogP contribution is 2.19. The molecular weight excluding hydrogens is 360 g/mol. The van der Waals surface area contributed by atoms with Gasteiger partial charge in [0.1, 0.15) is 5.75 Å². The molecule has 1 aliphatic rings. The van der Waals surface area contributed by atoms with Crippen molar-refractivity contribution in [1.29, 1.82) is 0 Å². The summed E-state index contributed by atoms with van der Waals surface area (Å²) in [5.74, 6) is -0.581. The molecule has 0 radical (unpaired) electrons. The molecule has 0 unspecified atom stereocenters. The van der Waals surface area contributed by atoms with Crippen LogP contribution in [0.5, 0.6) is 5.75 Å². The number of nitrogens with zero attached hydrogens (tertiary/aromatic N) is 1. The van der Waals surface area contributed by atoms with Gasteiger partial charge in [-0.2, -0.15) is 0 Å². The molecule has 0 aliphatic carbocycles. The highest BCUT2D eigenvalue weighted by atomic mass is 16.5. The predicted octanol–water partition coefficient (Wildman–Crippen LogP) is 2.73. The molecule has 2 aromatic rings. The molecule has 0 saturated carbocycles. The monoisotopic (exact) mass is 382 g/mol. The van der Waals surface area contributed by atoms with Crippen LogP contribution in [-0.4, -0.2) is 49.5 Å². The number of rotatable bonds is 6. The molecular formula is C21H22N2O5. The molecule has 2 aromatic carbocycles. The summed E-state index contributed by atoms with van der Waals surface area (Å²) in [7, 11) is 1.55. The molecule has 7 nitrogen and oxygen atoms in total. The van der Waals surface area contributed by atoms with E-state index in [1.165, 1.54) is 0 Å². The first-order valence-electron chi connectivity index (χ1n) is 9.08. The maximum atomic E-state index is 12.5. The van der Waals surface area contributed by atoms with E-state index in [2.05, 4.69) is 5.32 Å². The van der Waals surface area contributed by atoms with Crippen LogP contribution < -0.4 is 10.1 Å². The van der Waals surface area contributed by atoms with Crippen molar-refractivity contribution in [1.82, 2.24) is 4.90 Å². The molecule has 1 fully saturated rings. The molecule has 0 aromatic heterocycles. The number of carbonyl (C=O) groups excluding carboxylic acids is 3. The maximum absolute atomic E-state index is 12.5. The molecule has 28 heavy (non-hydrogen) atoms. The fourth-order valence-electron chi connectivity index (χ4n) is 2.97. The van der Waals surface area contributed by atoms with Gasteiger partial charge in [-0.1, -0.05) is 12.1 Å². The number of esters is 1. The lowest BCUT2D eigenvalue weighted by Gasteiger charge is -2.15. The summed E-state index contributed by atoms with van der Waals surface area (Å²) in [6.45, 7) is 1.09. The molecule has 3 rings (SSSR count). The first-order valence-corrected chi connectivity index (χ1v) is 9.08. The van der Waals surface area contributed by atoms with Gasteiger partial charge in [0, 0.05) is 18.7 Å². The summed E-state index contributed by atoms with van der Waals surface area (Å²) < 4.78 is 10.2. The van der Waals surface area contributed by atoms with Gasteiger partial charge < -0.3 is 19.7 Å². The second kappa shape index (κ2) is 9.03. The molecule has 1 heterocycles. The number of amides is 2. The van der Waals surface area contributed by atoms with Crippen molar-refractivity contribution < 1.29 is 23.9 Å². The van der Waals surface area contributed by atoms with Gasteiger partial charge in [-0.25, -0.2) is 4.79 Å². The number of nitrogens with one attached hydrogen (secondary N) is 1. The SMILES string of the molecule is COc1ccc(C(=O)Nc2ccccc2C(=O)OCC(=O)N2CCCC2)cc1. The van der Waals surface area contributed by atoms with E-state index >= 15 is 0 Å². The summed E-state index contributed by atoms with van der Waals surface area (Å²) in [4.78, 5) is 38.6. The van der Waals surface area contributed by atoms with Crippen molar-refractivity contribution >= 4 is 23.5 Å². The zero-order valence-electron chi connectivity index (χ0n) is 15.6. The number of carbonyl (C=O) groups is 3. The Morgan fingerprint density at radius 3 is 2.36 bits per heavy atom. The fourth-order valence-corrected chi connectivity index (χ4v) is 2.97. The fraction of sp³-hybridized carbons (Fsp3) is 0.286. The zero-order valence-corrected chi connectivity index (χ0v) is 15.6. The van der Waals surface area contributed by atoms with Crippen LogP contribution in [0, 0.1) is 0 Å². The van der Waals surface area contributed by atoms with Gasteiger partial charge in [-0.15, -0.1) is 0 Å². The lowest BCUT2D eigenvalue weighted by molar-refractivity contribution is -0.133. The van der Waals surface area contributed by atoms with E-state index in [0.29, 0.717) is 30.1 Å². The second-order valence-corrected chi connectivity index (χ2v) is 6.39.